The van der Waals surface area contributed by atoms with E-state index in [2.05, 4.69) is 40.7 Å². The highest BCUT2D eigenvalue weighted by Crippen LogP contribution is 2.22. The number of aromatic nitrogens is 1. The lowest BCUT2D eigenvalue weighted by molar-refractivity contribution is -0.118. The molecule has 1 aromatic heterocycles. The van der Waals surface area contributed by atoms with Crippen molar-refractivity contribution in [3.8, 4) is 0 Å². The Morgan fingerprint density at radius 3 is 2.81 bits per heavy atom. The number of rotatable bonds is 7. The Labute approximate surface area is 166 Å². The van der Waals surface area contributed by atoms with E-state index in [1.165, 1.54) is 16.9 Å². The minimum Gasteiger partial charge on any atom is -0.317 e. The largest absolute Gasteiger partial charge is 0.317 e. The van der Waals surface area contributed by atoms with Crippen molar-refractivity contribution < 1.29 is 4.79 Å². The predicted octanol–water partition coefficient (Wildman–Crippen LogP) is 5.52. The summed E-state index contributed by atoms with van der Waals surface area (Å²) in [7, 11) is 0. The summed E-state index contributed by atoms with van der Waals surface area (Å²) in [6.45, 7) is 2.84. The molecular weight excluding hydrogens is 384 g/mol. The molecule has 0 aliphatic carbocycles. The SMILES string of the molecule is CCn1c(=NC(=O)CCCSCc2ccccc2)sc2cc(Cl)ccc21. The third-order valence-electron chi connectivity index (χ3n) is 3.97. The van der Waals surface area contributed by atoms with Gasteiger partial charge in [-0.2, -0.15) is 16.8 Å². The van der Waals surface area contributed by atoms with Crippen molar-refractivity contribution in [3.63, 3.8) is 0 Å². The average molecular weight is 405 g/mol. The van der Waals surface area contributed by atoms with Gasteiger partial charge in [-0.15, -0.1) is 0 Å². The summed E-state index contributed by atoms with van der Waals surface area (Å²) in [6.07, 6.45) is 1.34. The summed E-state index contributed by atoms with van der Waals surface area (Å²) in [4.78, 5) is 17.3. The summed E-state index contributed by atoms with van der Waals surface area (Å²) in [5.74, 6) is 1.90. The summed E-state index contributed by atoms with van der Waals surface area (Å²) in [5, 5.41) is 0.704. The Kier molecular flexibility index (Phi) is 6.94. The Bertz CT molecular complexity index is 947. The minimum atomic E-state index is -0.0508. The minimum absolute atomic E-state index is 0.0508. The number of carbonyl (C=O) groups excluding carboxylic acids is 1. The second-order valence-electron chi connectivity index (χ2n) is 5.89. The third kappa shape index (κ3) is 5.00. The Balaban J connectivity index is 1.57. The van der Waals surface area contributed by atoms with Crippen molar-refractivity contribution in [2.45, 2.75) is 32.1 Å². The number of hydrogen-bond donors (Lipinski definition) is 0. The highest BCUT2D eigenvalue weighted by Gasteiger charge is 2.07. The molecule has 0 aliphatic heterocycles. The molecule has 0 saturated carbocycles. The Morgan fingerprint density at radius 1 is 1.23 bits per heavy atom. The third-order valence-corrected chi connectivity index (χ3v) is 6.36. The van der Waals surface area contributed by atoms with Crippen LogP contribution >= 0.6 is 34.7 Å². The molecule has 136 valence electrons. The van der Waals surface area contributed by atoms with Crippen LogP contribution < -0.4 is 4.80 Å². The average Bonchev–Trinajstić information content (AvgIpc) is 2.98. The van der Waals surface area contributed by atoms with Gasteiger partial charge in [-0.25, -0.2) is 0 Å². The molecule has 6 heteroatoms. The molecule has 0 aliphatic rings. The first-order valence-electron chi connectivity index (χ1n) is 8.65. The standard InChI is InChI=1S/C20H21ClN2OS2/c1-2-23-17-11-10-16(21)13-18(17)26-20(23)22-19(24)9-6-12-25-14-15-7-4-3-5-8-15/h3-5,7-8,10-11,13H,2,6,9,12,14H2,1H3. The molecule has 0 unspecified atom stereocenters. The maximum atomic E-state index is 12.2. The van der Waals surface area contributed by atoms with Gasteiger partial charge in [0.15, 0.2) is 4.80 Å². The van der Waals surface area contributed by atoms with E-state index in [0.717, 1.165) is 39.5 Å². The summed E-state index contributed by atoms with van der Waals surface area (Å²) < 4.78 is 3.13. The first-order chi connectivity index (χ1) is 12.7. The summed E-state index contributed by atoms with van der Waals surface area (Å²) in [6, 6.07) is 16.2. The van der Waals surface area contributed by atoms with Gasteiger partial charge in [-0.1, -0.05) is 53.3 Å². The van der Waals surface area contributed by atoms with Crippen molar-refractivity contribution in [1.82, 2.24) is 4.57 Å². The van der Waals surface area contributed by atoms with Crippen molar-refractivity contribution in [2.75, 3.05) is 5.75 Å². The zero-order valence-corrected chi connectivity index (χ0v) is 17.0. The number of nitrogens with zero attached hydrogens (tertiary/aromatic N) is 2. The number of amides is 1. The van der Waals surface area contributed by atoms with Crippen molar-refractivity contribution >= 4 is 50.8 Å². The van der Waals surface area contributed by atoms with Crippen LogP contribution in [-0.2, 0) is 17.1 Å². The highest BCUT2D eigenvalue weighted by molar-refractivity contribution is 7.98. The monoisotopic (exact) mass is 404 g/mol. The molecule has 0 saturated heterocycles. The lowest BCUT2D eigenvalue weighted by Gasteiger charge is -2.01. The van der Waals surface area contributed by atoms with Crippen molar-refractivity contribution in [3.05, 3.63) is 63.9 Å². The zero-order valence-electron chi connectivity index (χ0n) is 14.7. The van der Waals surface area contributed by atoms with E-state index in [1.807, 2.05) is 36.0 Å². The van der Waals surface area contributed by atoms with E-state index in [1.54, 1.807) is 0 Å². The number of fused-ring (bicyclic) bond motifs is 1. The van der Waals surface area contributed by atoms with Gasteiger partial charge in [0.05, 0.1) is 10.2 Å². The molecule has 0 fully saturated rings. The van der Waals surface area contributed by atoms with Gasteiger partial charge >= 0.3 is 0 Å². The molecule has 3 nitrogen and oxygen atoms in total. The summed E-state index contributed by atoms with van der Waals surface area (Å²) >= 11 is 9.44. The zero-order chi connectivity index (χ0) is 18.4. The van der Waals surface area contributed by atoms with E-state index >= 15 is 0 Å². The van der Waals surface area contributed by atoms with Crippen molar-refractivity contribution in [1.29, 1.82) is 0 Å². The number of carbonyl (C=O) groups is 1. The van der Waals surface area contributed by atoms with Crippen LogP contribution in [0.25, 0.3) is 10.2 Å². The molecule has 3 aromatic rings. The van der Waals surface area contributed by atoms with Crippen LogP contribution in [0.3, 0.4) is 0 Å². The first kappa shape index (κ1) is 19.2. The molecule has 0 bridgehead atoms. The number of benzene rings is 2. The number of aryl methyl sites for hydroxylation is 1. The lowest BCUT2D eigenvalue weighted by Crippen LogP contribution is -2.15. The van der Waals surface area contributed by atoms with Crippen molar-refractivity contribution in [2.24, 2.45) is 4.99 Å². The normalized spacial score (nSPS) is 12.0. The molecule has 1 amide bonds. The fourth-order valence-corrected chi connectivity index (χ4v) is 5.00. The molecule has 26 heavy (non-hydrogen) atoms. The molecule has 3 rings (SSSR count). The van der Waals surface area contributed by atoms with Crippen LogP contribution in [0.5, 0.6) is 0 Å². The summed E-state index contributed by atoms with van der Waals surface area (Å²) in [5.41, 5.74) is 2.40. The predicted molar refractivity (Wildman–Crippen MR) is 113 cm³/mol. The molecule has 0 N–H and O–H groups in total. The Morgan fingerprint density at radius 2 is 2.04 bits per heavy atom. The smallest absolute Gasteiger partial charge is 0.248 e. The molecular formula is C20H21ClN2OS2. The van der Waals surface area contributed by atoms with Gasteiger partial charge in [-0.05, 0) is 42.9 Å². The highest BCUT2D eigenvalue weighted by atomic mass is 35.5. The first-order valence-corrected chi connectivity index (χ1v) is 11.0. The van der Waals surface area contributed by atoms with Gasteiger partial charge in [0.1, 0.15) is 0 Å². The number of halogens is 1. The van der Waals surface area contributed by atoms with Crippen LogP contribution in [0.1, 0.15) is 25.3 Å². The van der Waals surface area contributed by atoms with Crippen LogP contribution in [0.15, 0.2) is 53.5 Å². The van der Waals surface area contributed by atoms with Crippen LogP contribution in [-0.4, -0.2) is 16.2 Å². The molecule has 0 spiro atoms. The van der Waals surface area contributed by atoms with Gasteiger partial charge in [0, 0.05) is 23.7 Å². The van der Waals surface area contributed by atoms with Gasteiger partial charge in [-0.3, -0.25) is 4.79 Å². The number of thiazole rings is 1. The molecule has 0 atom stereocenters. The van der Waals surface area contributed by atoms with E-state index in [-0.39, 0.29) is 5.91 Å². The molecule has 0 radical (unpaired) electrons. The fourth-order valence-electron chi connectivity index (χ4n) is 2.69. The topological polar surface area (TPSA) is 34.4 Å². The maximum absolute atomic E-state index is 12.2. The van der Waals surface area contributed by atoms with Gasteiger partial charge in [0.25, 0.3) is 0 Å². The van der Waals surface area contributed by atoms with Crippen LogP contribution in [0.4, 0.5) is 0 Å². The number of hydrogen-bond acceptors (Lipinski definition) is 3. The van der Waals surface area contributed by atoms with E-state index in [0.29, 0.717) is 11.4 Å². The maximum Gasteiger partial charge on any atom is 0.248 e. The second-order valence-corrected chi connectivity index (χ2v) is 8.44. The fraction of sp³-hybridized carbons (Fsp3) is 0.300. The lowest BCUT2D eigenvalue weighted by atomic mass is 10.2. The van der Waals surface area contributed by atoms with Crippen LogP contribution in [0.2, 0.25) is 5.02 Å². The van der Waals surface area contributed by atoms with E-state index < -0.39 is 0 Å². The quantitative estimate of drug-likeness (QED) is 0.486. The van der Waals surface area contributed by atoms with E-state index in [9.17, 15) is 4.79 Å². The van der Waals surface area contributed by atoms with Gasteiger partial charge < -0.3 is 4.57 Å². The number of thioether (sulfide) groups is 1. The van der Waals surface area contributed by atoms with Crippen LogP contribution in [0, 0.1) is 0 Å². The second kappa shape index (κ2) is 9.40. The van der Waals surface area contributed by atoms with Gasteiger partial charge in [0.2, 0.25) is 5.91 Å². The van der Waals surface area contributed by atoms with E-state index in [4.69, 9.17) is 11.6 Å². The molecule has 1 heterocycles. The Hall–Kier alpha value is -1.56. The molecule has 2 aromatic carbocycles.